The lowest BCUT2D eigenvalue weighted by Crippen LogP contribution is -1.75. The van der Waals surface area contributed by atoms with Crippen LogP contribution >= 0.6 is 0 Å². The SMILES string of the molecule is [OH].[c]1cccc2c1ccc1ccccc12. The molecule has 3 aromatic rings. The Morgan fingerprint density at radius 3 is 2.47 bits per heavy atom. The standard InChI is InChI=1S/C14H9.HO/c1-3-7-13-11(5-1)9-10-12-6-2-4-8-14(12)13;/h1-5,7-10H;1H. The molecule has 1 nitrogen and oxygen atoms in total. The third-order valence-electron chi connectivity index (χ3n) is 2.57. The zero-order chi connectivity index (χ0) is 9.38. The summed E-state index contributed by atoms with van der Waals surface area (Å²) in [5, 5.41) is 5.07. The predicted octanol–water partition coefficient (Wildman–Crippen LogP) is 3.62. The van der Waals surface area contributed by atoms with Crippen LogP contribution in [0, 0.1) is 6.07 Å². The van der Waals surface area contributed by atoms with Gasteiger partial charge in [0.2, 0.25) is 0 Å². The summed E-state index contributed by atoms with van der Waals surface area (Å²) < 4.78 is 0. The molecule has 1 N–H and O–H groups in total. The molecule has 0 fully saturated rings. The van der Waals surface area contributed by atoms with Crippen LogP contribution in [-0.4, -0.2) is 5.48 Å². The first-order chi connectivity index (χ1) is 6.95. The molecule has 3 aromatic carbocycles. The van der Waals surface area contributed by atoms with E-state index in [9.17, 15) is 0 Å². The first-order valence-corrected chi connectivity index (χ1v) is 4.73. The second kappa shape index (κ2) is 3.71. The molecule has 1 heteroatoms. The van der Waals surface area contributed by atoms with E-state index in [1.165, 1.54) is 21.5 Å². The average molecular weight is 194 g/mol. The molecule has 0 saturated carbocycles. The molecule has 0 saturated heterocycles. The van der Waals surface area contributed by atoms with Gasteiger partial charge in [0.25, 0.3) is 0 Å². The Labute approximate surface area is 88.3 Å². The van der Waals surface area contributed by atoms with Gasteiger partial charge in [0, 0.05) is 0 Å². The van der Waals surface area contributed by atoms with Gasteiger partial charge in [-0.15, -0.1) is 0 Å². The van der Waals surface area contributed by atoms with Gasteiger partial charge < -0.3 is 0 Å². The van der Waals surface area contributed by atoms with E-state index in [0.29, 0.717) is 0 Å². The molecule has 0 heterocycles. The summed E-state index contributed by atoms with van der Waals surface area (Å²) in [4.78, 5) is 0. The van der Waals surface area contributed by atoms with Crippen LogP contribution < -0.4 is 0 Å². The van der Waals surface area contributed by atoms with Gasteiger partial charge >= 0.3 is 0 Å². The maximum atomic E-state index is 3.24. The van der Waals surface area contributed by atoms with Crippen molar-refractivity contribution < 1.29 is 5.48 Å². The van der Waals surface area contributed by atoms with Gasteiger partial charge in [-0.2, -0.15) is 0 Å². The third kappa shape index (κ3) is 1.47. The summed E-state index contributed by atoms with van der Waals surface area (Å²) in [7, 11) is 0. The molecule has 2 radical (unpaired) electrons. The van der Waals surface area contributed by atoms with Crippen LogP contribution in [0.2, 0.25) is 0 Å². The van der Waals surface area contributed by atoms with E-state index >= 15 is 0 Å². The number of hydrogen-bond acceptors (Lipinski definition) is 0. The van der Waals surface area contributed by atoms with E-state index in [1.807, 2.05) is 12.1 Å². The summed E-state index contributed by atoms with van der Waals surface area (Å²) >= 11 is 0. The molecular formula is C14H10O. The highest BCUT2D eigenvalue weighted by atomic mass is 16.0. The Bertz CT molecular complexity index is 544. The molecule has 0 spiro atoms. The maximum Gasteiger partial charge on any atom is -0.00987 e. The largest absolute Gasteiger partial charge is 0.255 e. The van der Waals surface area contributed by atoms with Crippen molar-refractivity contribution in [1.82, 2.24) is 0 Å². The van der Waals surface area contributed by atoms with Gasteiger partial charge in [-0.05, 0) is 27.6 Å². The monoisotopic (exact) mass is 194 g/mol. The van der Waals surface area contributed by atoms with Crippen LogP contribution in [0.25, 0.3) is 21.5 Å². The van der Waals surface area contributed by atoms with Crippen LogP contribution in [-0.2, 0) is 0 Å². The summed E-state index contributed by atoms with van der Waals surface area (Å²) in [6.45, 7) is 0. The normalized spacial score (nSPS) is 10.1. The quantitative estimate of drug-likeness (QED) is 0.530. The van der Waals surface area contributed by atoms with Crippen molar-refractivity contribution in [3.8, 4) is 0 Å². The Morgan fingerprint density at radius 2 is 1.53 bits per heavy atom. The summed E-state index contributed by atoms with van der Waals surface area (Å²) in [5.41, 5.74) is 0. The lowest BCUT2D eigenvalue weighted by Gasteiger charge is -2.01. The van der Waals surface area contributed by atoms with Crippen molar-refractivity contribution in [2.75, 3.05) is 0 Å². The van der Waals surface area contributed by atoms with E-state index in [0.717, 1.165) is 0 Å². The minimum absolute atomic E-state index is 0. The number of benzene rings is 3. The predicted molar refractivity (Wildman–Crippen MR) is 62.2 cm³/mol. The number of fused-ring (bicyclic) bond motifs is 3. The van der Waals surface area contributed by atoms with E-state index in [4.69, 9.17) is 0 Å². The second-order valence-corrected chi connectivity index (χ2v) is 3.42. The third-order valence-corrected chi connectivity index (χ3v) is 2.57. The highest BCUT2D eigenvalue weighted by Gasteiger charge is 1.97. The molecule has 0 aliphatic heterocycles. The van der Waals surface area contributed by atoms with Gasteiger partial charge in [-0.3, -0.25) is 5.48 Å². The summed E-state index contributed by atoms with van der Waals surface area (Å²) in [6, 6.07) is 22.1. The first kappa shape index (κ1) is 9.69. The molecule has 0 aliphatic carbocycles. The molecule has 0 atom stereocenters. The lowest BCUT2D eigenvalue weighted by molar-refractivity contribution is 0.824. The fourth-order valence-corrected chi connectivity index (χ4v) is 1.88. The maximum absolute atomic E-state index is 3.24. The Hall–Kier alpha value is -1.86. The topological polar surface area (TPSA) is 30.0 Å². The summed E-state index contributed by atoms with van der Waals surface area (Å²) in [5.74, 6) is 0. The van der Waals surface area contributed by atoms with E-state index in [2.05, 4.69) is 48.5 Å². The fraction of sp³-hybridized carbons (Fsp3) is 0. The van der Waals surface area contributed by atoms with Crippen LogP contribution in [0.5, 0.6) is 0 Å². The molecule has 0 aromatic heterocycles. The van der Waals surface area contributed by atoms with Crippen molar-refractivity contribution in [2.45, 2.75) is 0 Å². The summed E-state index contributed by atoms with van der Waals surface area (Å²) in [6.07, 6.45) is 0. The molecule has 0 bridgehead atoms. The Morgan fingerprint density at radius 1 is 0.733 bits per heavy atom. The molecule has 0 unspecified atom stereocenters. The van der Waals surface area contributed by atoms with Crippen molar-refractivity contribution in [3.63, 3.8) is 0 Å². The van der Waals surface area contributed by atoms with Crippen molar-refractivity contribution in [3.05, 3.63) is 60.7 Å². The van der Waals surface area contributed by atoms with Gasteiger partial charge in [0.1, 0.15) is 0 Å². The van der Waals surface area contributed by atoms with Gasteiger partial charge in [-0.1, -0.05) is 54.6 Å². The second-order valence-electron chi connectivity index (χ2n) is 3.42. The first-order valence-electron chi connectivity index (χ1n) is 4.73. The zero-order valence-electron chi connectivity index (χ0n) is 8.14. The van der Waals surface area contributed by atoms with Gasteiger partial charge in [0.15, 0.2) is 0 Å². The molecule has 3 rings (SSSR count). The van der Waals surface area contributed by atoms with Crippen molar-refractivity contribution in [1.29, 1.82) is 0 Å². The minimum Gasteiger partial charge on any atom is -0.255 e. The minimum atomic E-state index is 0. The molecule has 72 valence electrons. The van der Waals surface area contributed by atoms with Crippen LogP contribution in [0.3, 0.4) is 0 Å². The van der Waals surface area contributed by atoms with E-state index in [1.54, 1.807) is 0 Å². The van der Waals surface area contributed by atoms with Crippen LogP contribution in [0.15, 0.2) is 54.6 Å². The molecule has 0 amide bonds. The smallest absolute Gasteiger partial charge is 0.00987 e. The highest BCUT2D eigenvalue weighted by molar-refractivity contribution is 6.07. The van der Waals surface area contributed by atoms with Crippen LogP contribution in [0.1, 0.15) is 0 Å². The van der Waals surface area contributed by atoms with Crippen molar-refractivity contribution >= 4 is 21.5 Å². The van der Waals surface area contributed by atoms with E-state index in [-0.39, 0.29) is 5.48 Å². The molecule has 15 heavy (non-hydrogen) atoms. The lowest BCUT2D eigenvalue weighted by atomic mass is 10.0. The highest BCUT2D eigenvalue weighted by Crippen LogP contribution is 2.24. The van der Waals surface area contributed by atoms with Gasteiger partial charge in [0.05, 0.1) is 0 Å². The fourth-order valence-electron chi connectivity index (χ4n) is 1.88. The number of hydrogen-bond donors (Lipinski definition) is 1. The zero-order valence-corrected chi connectivity index (χ0v) is 8.14. The molecular weight excluding hydrogens is 184 g/mol. The Kier molecular flexibility index (Phi) is 2.40. The van der Waals surface area contributed by atoms with Crippen molar-refractivity contribution in [2.24, 2.45) is 0 Å². The Balaban J connectivity index is 0.000000853. The number of rotatable bonds is 0. The molecule has 0 aliphatic rings. The average Bonchev–Trinajstić information content (AvgIpc) is 2.29. The van der Waals surface area contributed by atoms with Crippen LogP contribution in [0.4, 0.5) is 0 Å². The van der Waals surface area contributed by atoms with Gasteiger partial charge in [-0.25, -0.2) is 0 Å². The van der Waals surface area contributed by atoms with E-state index < -0.39 is 0 Å².